The largest absolute Gasteiger partial charge is 0.352 e. The van der Waals surface area contributed by atoms with Gasteiger partial charge in [-0.1, -0.05) is 20.3 Å². The molecule has 0 aromatic rings. The van der Waals surface area contributed by atoms with Gasteiger partial charge in [-0.05, 0) is 43.4 Å². The molecule has 0 aromatic heterocycles. The second-order valence-corrected chi connectivity index (χ2v) is 6.03. The van der Waals surface area contributed by atoms with Crippen LogP contribution >= 0.6 is 0 Å². The van der Waals surface area contributed by atoms with Gasteiger partial charge in [0.25, 0.3) is 0 Å². The van der Waals surface area contributed by atoms with E-state index in [0.717, 1.165) is 18.3 Å². The highest BCUT2D eigenvalue weighted by Gasteiger charge is 2.40. The van der Waals surface area contributed by atoms with Crippen LogP contribution in [-0.2, 0) is 4.79 Å². The Hall–Kier alpha value is -0.570. The van der Waals surface area contributed by atoms with E-state index < -0.39 is 0 Å². The zero-order valence-corrected chi connectivity index (χ0v) is 10.4. The highest BCUT2D eigenvalue weighted by Crippen LogP contribution is 2.44. The van der Waals surface area contributed by atoms with Gasteiger partial charge in [0.2, 0.25) is 5.91 Å². The minimum Gasteiger partial charge on any atom is -0.352 e. The molecular formula is C13H24N2O. The second kappa shape index (κ2) is 4.74. The summed E-state index contributed by atoms with van der Waals surface area (Å²) in [5, 5.41) is 3.15. The number of amides is 1. The average molecular weight is 224 g/mol. The summed E-state index contributed by atoms with van der Waals surface area (Å²) in [6.45, 7) is 4.20. The van der Waals surface area contributed by atoms with Gasteiger partial charge in [-0.3, -0.25) is 4.79 Å². The molecule has 0 aromatic carbocycles. The Morgan fingerprint density at radius 1 is 1.38 bits per heavy atom. The maximum atomic E-state index is 11.9. The Bertz CT molecular complexity index is 265. The van der Waals surface area contributed by atoms with Crippen molar-refractivity contribution in [3.63, 3.8) is 0 Å². The number of fused-ring (bicyclic) bond motifs is 2. The van der Waals surface area contributed by atoms with Crippen molar-refractivity contribution in [3.05, 3.63) is 0 Å². The molecule has 0 heterocycles. The standard InChI is InChI=1S/C13H24N2O/c1-8(2)5-11(14)13(16)15-12-7-9-3-4-10(12)6-9/h8-12H,3-7,14H2,1-2H3,(H,15,16)/t9?,10?,11-,12?/m0/s1. The van der Waals surface area contributed by atoms with Gasteiger partial charge in [0, 0.05) is 6.04 Å². The Morgan fingerprint density at radius 3 is 2.62 bits per heavy atom. The number of rotatable bonds is 4. The van der Waals surface area contributed by atoms with Crippen LogP contribution in [0.3, 0.4) is 0 Å². The summed E-state index contributed by atoms with van der Waals surface area (Å²) in [5.74, 6) is 2.16. The normalized spacial score (nSPS) is 34.4. The number of carbonyl (C=O) groups excluding carboxylic acids is 1. The van der Waals surface area contributed by atoms with Crippen LogP contribution in [-0.4, -0.2) is 18.0 Å². The molecular weight excluding hydrogens is 200 g/mol. The van der Waals surface area contributed by atoms with Gasteiger partial charge in [0.15, 0.2) is 0 Å². The van der Waals surface area contributed by atoms with E-state index in [-0.39, 0.29) is 11.9 Å². The number of hydrogen-bond acceptors (Lipinski definition) is 2. The minimum absolute atomic E-state index is 0.0613. The van der Waals surface area contributed by atoms with Crippen LogP contribution in [0.1, 0.15) is 46.0 Å². The molecule has 0 radical (unpaired) electrons. The molecule has 2 saturated carbocycles. The highest BCUT2D eigenvalue weighted by atomic mass is 16.2. The van der Waals surface area contributed by atoms with Gasteiger partial charge in [-0.2, -0.15) is 0 Å². The Balaban J connectivity index is 1.79. The summed E-state index contributed by atoms with van der Waals surface area (Å²) in [5.41, 5.74) is 5.88. The molecule has 2 aliphatic rings. The molecule has 2 fully saturated rings. The molecule has 0 spiro atoms. The first kappa shape index (κ1) is 11.9. The topological polar surface area (TPSA) is 55.1 Å². The molecule has 3 N–H and O–H groups in total. The predicted molar refractivity (Wildman–Crippen MR) is 64.8 cm³/mol. The first-order valence-corrected chi connectivity index (χ1v) is 6.62. The van der Waals surface area contributed by atoms with Crippen LogP contribution in [0.5, 0.6) is 0 Å². The molecule has 16 heavy (non-hydrogen) atoms. The summed E-state index contributed by atoms with van der Waals surface area (Å²) < 4.78 is 0. The van der Waals surface area contributed by atoms with Crippen LogP contribution in [0.4, 0.5) is 0 Å². The third-order valence-electron chi connectivity index (χ3n) is 4.13. The predicted octanol–water partition coefficient (Wildman–Crippen LogP) is 1.66. The van der Waals surface area contributed by atoms with Crippen LogP contribution in [0.2, 0.25) is 0 Å². The molecule has 4 atom stereocenters. The molecule has 3 unspecified atom stereocenters. The zero-order chi connectivity index (χ0) is 11.7. The van der Waals surface area contributed by atoms with E-state index in [9.17, 15) is 4.79 Å². The number of hydrogen-bond donors (Lipinski definition) is 2. The van der Waals surface area contributed by atoms with Gasteiger partial charge in [-0.25, -0.2) is 0 Å². The van der Waals surface area contributed by atoms with Crippen molar-refractivity contribution < 1.29 is 4.79 Å². The maximum Gasteiger partial charge on any atom is 0.237 e. The first-order valence-electron chi connectivity index (χ1n) is 6.62. The SMILES string of the molecule is CC(C)C[C@H](N)C(=O)NC1CC2CCC1C2. The quantitative estimate of drug-likeness (QED) is 0.763. The van der Waals surface area contributed by atoms with Gasteiger partial charge in [0.05, 0.1) is 6.04 Å². The lowest BCUT2D eigenvalue weighted by Crippen LogP contribution is -2.47. The van der Waals surface area contributed by atoms with Crippen molar-refractivity contribution >= 4 is 5.91 Å². The van der Waals surface area contributed by atoms with Crippen molar-refractivity contribution in [2.45, 2.75) is 58.0 Å². The van der Waals surface area contributed by atoms with Crippen LogP contribution in [0, 0.1) is 17.8 Å². The Morgan fingerprint density at radius 2 is 2.12 bits per heavy atom. The summed E-state index contributed by atoms with van der Waals surface area (Å²) in [7, 11) is 0. The average Bonchev–Trinajstić information content (AvgIpc) is 2.77. The summed E-state index contributed by atoms with van der Waals surface area (Å²) >= 11 is 0. The molecule has 3 nitrogen and oxygen atoms in total. The van der Waals surface area contributed by atoms with E-state index in [2.05, 4.69) is 19.2 Å². The van der Waals surface area contributed by atoms with E-state index in [1.807, 2.05) is 0 Å². The van der Waals surface area contributed by atoms with Gasteiger partial charge in [0.1, 0.15) is 0 Å². The van der Waals surface area contributed by atoms with Gasteiger partial charge < -0.3 is 11.1 Å². The molecule has 0 aliphatic heterocycles. The molecule has 3 heteroatoms. The molecule has 1 amide bonds. The smallest absolute Gasteiger partial charge is 0.237 e. The highest BCUT2D eigenvalue weighted by molar-refractivity contribution is 5.81. The van der Waals surface area contributed by atoms with E-state index >= 15 is 0 Å². The molecule has 0 saturated heterocycles. The van der Waals surface area contributed by atoms with Crippen molar-refractivity contribution in [1.29, 1.82) is 0 Å². The zero-order valence-electron chi connectivity index (χ0n) is 10.4. The summed E-state index contributed by atoms with van der Waals surface area (Å²) in [6, 6.07) is 0.101. The van der Waals surface area contributed by atoms with Gasteiger partial charge in [-0.15, -0.1) is 0 Å². The molecule has 2 aliphatic carbocycles. The van der Waals surface area contributed by atoms with Crippen molar-refractivity contribution in [2.24, 2.45) is 23.5 Å². The lowest BCUT2D eigenvalue weighted by atomic mass is 9.94. The van der Waals surface area contributed by atoms with Crippen LogP contribution in [0.25, 0.3) is 0 Å². The maximum absolute atomic E-state index is 11.9. The van der Waals surface area contributed by atoms with E-state index in [1.54, 1.807) is 0 Å². The summed E-state index contributed by atoms with van der Waals surface area (Å²) in [6.07, 6.45) is 5.96. The fraction of sp³-hybridized carbons (Fsp3) is 0.923. The summed E-state index contributed by atoms with van der Waals surface area (Å²) in [4.78, 5) is 11.9. The molecule has 92 valence electrons. The van der Waals surface area contributed by atoms with E-state index in [4.69, 9.17) is 5.73 Å². The van der Waals surface area contributed by atoms with E-state index in [0.29, 0.717) is 12.0 Å². The van der Waals surface area contributed by atoms with Crippen LogP contribution in [0.15, 0.2) is 0 Å². The fourth-order valence-electron chi connectivity index (χ4n) is 3.33. The third kappa shape index (κ3) is 2.57. The lowest BCUT2D eigenvalue weighted by Gasteiger charge is -2.25. The molecule has 2 rings (SSSR count). The van der Waals surface area contributed by atoms with Crippen molar-refractivity contribution in [3.8, 4) is 0 Å². The van der Waals surface area contributed by atoms with E-state index in [1.165, 1.54) is 25.7 Å². The van der Waals surface area contributed by atoms with Crippen molar-refractivity contribution in [2.75, 3.05) is 0 Å². The Labute approximate surface area is 98.2 Å². The second-order valence-electron chi connectivity index (χ2n) is 6.03. The van der Waals surface area contributed by atoms with Crippen LogP contribution < -0.4 is 11.1 Å². The number of carbonyl (C=O) groups is 1. The molecule has 2 bridgehead atoms. The first-order chi connectivity index (χ1) is 7.56. The third-order valence-corrected chi connectivity index (χ3v) is 4.13. The lowest BCUT2D eigenvalue weighted by molar-refractivity contribution is -0.123. The van der Waals surface area contributed by atoms with Gasteiger partial charge >= 0.3 is 0 Å². The minimum atomic E-state index is -0.320. The number of nitrogens with two attached hydrogens (primary N) is 1. The Kier molecular flexibility index (Phi) is 3.53. The number of nitrogens with one attached hydrogen (secondary N) is 1. The van der Waals surface area contributed by atoms with Crippen molar-refractivity contribution in [1.82, 2.24) is 5.32 Å². The monoisotopic (exact) mass is 224 g/mol. The fourth-order valence-corrected chi connectivity index (χ4v) is 3.33.